The van der Waals surface area contributed by atoms with Crippen LogP contribution in [0.3, 0.4) is 0 Å². The second-order valence-electron chi connectivity index (χ2n) is 5.89. The predicted molar refractivity (Wildman–Crippen MR) is 91.6 cm³/mol. The van der Waals surface area contributed by atoms with E-state index in [-0.39, 0.29) is 0 Å². The lowest BCUT2D eigenvalue weighted by atomic mass is 10.1. The monoisotopic (exact) mass is 294 g/mol. The molecule has 0 amide bonds. The summed E-state index contributed by atoms with van der Waals surface area (Å²) in [5.41, 5.74) is 0.342. The molecule has 0 saturated heterocycles. The first kappa shape index (κ1) is 19.9. The smallest absolute Gasteiger partial charge is 0.330 e. The number of aliphatic carboxylic acids is 1. The molecule has 0 aromatic rings. The highest BCUT2D eigenvalue weighted by Crippen LogP contribution is 2.11. The molecule has 122 valence electrons. The standard InChI is InChI=1S/C19H34O2/c1-3-4-5-6-7-8-9-10-11-12-13-14-15-16-17-18(2)19(20)21/h10-11H,2-9,12-17H2,1H3,(H,20,21)/b11-10-. The Kier molecular flexibility index (Phi) is 14.6. The molecule has 0 bridgehead atoms. The van der Waals surface area contributed by atoms with Crippen LogP contribution in [0.25, 0.3) is 0 Å². The molecule has 2 nitrogen and oxygen atoms in total. The van der Waals surface area contributed by atoms with Crippen LogP contribution in [0.2, 0.25) is 0 Å². The van der Waals surface area contributed by atoms with Gasteiger partial charge in [-0.15, -0.1) is 0 Å². The third-order valence-corrected chi connectivity index (χ3v) is 3.79. The molecule has 0 spiro atoms. The minimum absolute atomic E-state index is 0.342. The Morgan fingerprint density at radius 3 is 1.86 bits per heavy atom. The molecule has 1 N–H and O–H groups in total. The third-order valence-electron chi connectivity index (χ3n) is 3.79. The molecular weight excluding hydrogens is 260 g/mol. The number of hydrogen-bond acceptors (Lipinski definition) is 1. The molecule has 0 radical (unpaired) electrons. The van der Waals surface area contributed by atoms with Gasteiger partial charge in [0.2, 0.25) is 0 Å². The summed E-state index contributed by atoms with van der Waals surface area (Å²) in [5.74, 6) is -0.854. The average molecular weight is 294 g/mol. The summed E-state index contributed by atoms with van der Waals surface area (Å²) in [6.45, 7) is 5.80. The average Bonchev–Trinajstić information content (AvgIpc) is 2.47. The Hall–Kier alpha value is -1.05. The Labute approximate surface area is 131 Å². The van der Waals surface area contributed by atoms with E-state index in [0.717, 1.165) is 19.3 Å². The predicted octanol–water partition coefficient (Wildman–Crippen LogP) is 6.27. The van der Waals surface area contributed by atoms with Crippen molar-refractivity contribution in [2.45, 2.75) is 90.4 Å². The van der Waals surface area contributed by atoms with Gasteiger partial charge in [-0.1, -0.05) is 70.6 Å². The first-order valence-electron chi connectivity index (χ1n) is 8.74. The van der Waals surface area contributed by atoms with Crippen molar-refractivity contribution in [1.82, 2.24) is 0 Å². The molecule has 0 aromatic carbocycles. The van der Waals surface area contributed by atoms with Gasteiger partial charge >= 0.3 is 5.97 Å². The molecule has 0 saturated carbocycles. The van der Waals surface area contributed by atoms with E-state index in [2.05, 4.69) is 25.7 Å². The first-order valence-corrected chi connectivity index (χ1v) is 8.74. The van der Waals surface area contributed by atoms with Gasteiger partial charge in [-0.25, -0.2) is 4.79 Å². The number of carboxylic acid groups (broad SMARTS) is 1. The second kappa shape index (κ2) is 15.3. The lowest BCUT2D eigenvalue weighted by Crippen LogP contribution is -1.98. The van der Waals surface area contributed by atoms with Crippen LogP contribution < -0.4 is 0 Å². The topological polar surface area (TPSA) is 37.3 Å². The van der Waals surface area contributed by atoms with Gasteiger partial charge in [-0.05, 0) is 38.5 Å². The van der Waals surface area contributed by atoms with Gasteiger partial charge < -0.3 is 5.11 Å². The molecule has 0 aliphatic heterocycles. The third kappa shape index (κ3) is 15.2. The minimum Gasteiger partial charge on any atom is -0.478 e. The fourth-order valence-electron chi connectivity index (χ4n) is 2.34. The number of rotatable bonds is 15. The summed E-state index contributed by atoms with van der Waals surface area (Å²) in [5, 5.41) is 8.68. The summed E-state index contributed by atoms with van der Waals surface area (Å²) < 4.78 is 0. The quantitative estimate of drug-likeness (QED) is 0.219. The fraction of sp³-hybridized carbons (Fsp3) is 0.737. The van der Waals surface area contributed by atoms with Gasteiger partial charge in [0.25, 0.3) is 0 Å². The van der Waals surface area contributed by atoms with E-state index >= 15 is 0 Å². The van der Waals surface area contributed by atoms with E-state index in [4.69, 9.17) is 5.11 Å². The fourth-order valence-corrected chi connectivity index (χ4v) is 2.34. The van der Waals surface area contributed by atoms with Crippen LogP contribution in [0.5, 0.6) is 0 Å². The van der Waals surface area contributed by atoms with E-state index < -0.39 is 5.97 Å². The van der Waals surface area contributed by atoms with Crippen molar-refractivity contribution >= 4 is 5.97 Å². The number of carboxylic acids is 1. The lowest BCUT2D eigenvalue weighted by molar-refractivity contribution is -0.132. The molecule has 0 heterocycles. The van der Waals surface area contributed by atoms with Crippen molar-refractivity contribution in [3.63, 3.8) is 0 Å². The molecule has 0 atom stereocenters. The Bertz CT molecular complexity index is 292. The van der Waals surface area contributed by atoms with Crippen LogP contribution in [0, 0.1) is 0 Å². The van der Waals surface area contributed by atoms with Gasteiger partial charge in [0.1, 0.15) is 0 Å². The molecule has 2 heteroatoms. The number of allylic oxidation sites excluding steroid dienone is 2. The maximum atomic E-state index is 10.6. The maximum Gasteiger partial charge on any atom is 0.330 e. The number of carbonyl (C=O) groups is 1. The van der Waals surface area contributed by atoms with Crippen LogP contribution in [0.15, 0.2) is 24.3 Å². The van der Waals surface area contributed by atoms with Crippen molar-refractivity contribution < 1.29 is 9.90 Å². The van der Waals surface area contributed by atoms with E-state index in [0.29, 0.717) is 12.0 Å². The lowest BCUT2D eigenvalue weighted by Gasteiger charge is -2.00. The molecule has 0 fully saturated rings. The zero-order valence-electron chi connectivity index (χ0n) is 13.9. The van der Waals surface area contributed by atoms with Crippen LogP contribution in [0.1, 0.15) is 90.4 Å². The highest BCUT2D eigenvalue weighted by atomic mass is 16.4. The molecular formula is C19H34O2. The molecule has 0 rings (SSSR count). The van der Waals surface area contributed by atoms with E-state index in [1.165, 1.54) is 57.8 Å². The highest BCUT2D eigenvalue weighted by molar-refractivity contribution is 5.85. The number of unbranched alkanes of at least 4 members (excludes halogenated alkanes) is 10. The van der Waals surface area contributed by atoms with Crippen molar-refractivity contribution in [3.8, 4) is 0 Å². The van der Waals surface area contributed by atoms with Gasteiger partial charge in [0.05, 0.1) is 0 Å². The van der Waals surface area contributed by atoms with E-state index in [1.54, 1.807) is 0 Å². The van der Waals surface area contributed by atoms with Crippen LogP contribution in [-0.2, 0) is 4.79 Å². The second-order valence-corrected chi connectivity index (χ2v) is 5.89. The Morgan fingerprint density at radius 2 is 1.33 bits per heavy atom. The molecule has 0 aromatic heterocycles. The molecule has 0 aliphatic rings. The van der Waals surface area contributed by atoms with E-state index in [1.807, 2.05) is 0 Å². The van der Waals surface area contributed by atoms with Crippen LogP contribution in [0.4, 0.5) is 0 Å². The van der Waals surface area contributed by atoms with E-state index in [9.17, 15) is 4.79 Å². The van der Waals surface area contributed by atoms with Crippen molar-refractivity contribution in [2.24, 2.45) is 0 Å². The van der Waals surface area contributed by atoms with Crippen LogP contribution >= 0.6 is 0 Å². The zero-order chi connectivity index (χ0) is 15.8. The molecule has 0 aliphatic carbocycles. The first-order chi connectivity index (χ1) is 10.2. The van der Waals surface area contributed by atoms with Crippen LogP contribution in [-0.4, -0.2) is 11.1 Å². The Morgan fingerprint density at radius 1 is 0.857 bits per heavy atom. The minimum atomic E-state index is -0.854. The Balaban J connectivity index is 3.19. The number of hydrogen-bond donors (Lipinski definition) is 1. The summed E-state index contributed by atoms with van der Waals surface area (Å²) in [7, 11) is 0. The zero-order valence-corrected chi connectivity index (χ0v) is 13.9. The molecule has 0 unspecified atom stereocenters. The van der Waals surface area contributed by atoms with Crippen molar-refractivity contribution in [1.29, 1.82) is 0 Å². The summed E-state index contributed by atoms with van der Waals surface area (Å²) in [6.07, 6.45) is 20.3. The van der Waals surface area contributed by atoms with Gasteiger partial charge in [0.15, 0.2) is 0 Å². The summed E-state index contributed by atoms with van der Waals surface area (Å²) in [4.78, 5) is 10.6. The normalized spacial score (nSPS) is 11.1. The van der Waals surface area contributed by atoms with Gasteiger partial charge in [0, 0.05) is 5.57 Å². The summed E-state index contributed by atoms with van der Waals surface area (Å²) >= 11 is 0. The van der Waals surface area contributed by atoms with Crippen molar-refractivity contribution in [3.05, 3.63) is 24.3 Å². The molecule has 21 heavy (non-hydrogen) atoms. The van der Waals surface area contributed by atoms with Crippen molar-refractivity contribution in [2.75, 3.05) is 0 Å². The maximum absolute atomic E-state index is 10.6. The summed E-state index contributed by atoms with van der Waals surface area (Å²) in [6, 6.07) is 0. The van der Waals surface area contributed by atoms with Gasteiger partial charge in [-0.2, -0.15) is 0 Å². The SMILES string of the molecule is C=C(CCCCCC/C=C\CCCCCCCC)C(=O)O. The largest absolute Gasteiger partial charge is 0.478 e. The van der Waals surface area contributed by atoms with Gasteiger partial charge in [-0.3, -0.25) is 0 Å². The highest BCUT2D eigenvalue weighted by Gasteiger charge is 2.02.